The van der Waals surface area contributed by atoms with Crippen LogP contribution in [-0.4, -0.2) is 36.9 Å². The van der Waals surface area contributed by atoms with Gasteiger partial charge in [0.2, 0.25) is 5.91 Å². The van der Waals surface area contributed by atoms with Crippen molar-refractivity contribution >= 4 is 23.2 Å². The predicted molar refractivity (Wildman–Crippen MR) is 99.0 cm³/mol. The average Bonchev–Trinajstić information content (AvgIpc) is 3.29. The number of carbonyl (C=O) groups is 2. The van der Waals surface area contributed by atoms with E-state index in [9.17, 15) is 9.59 Å². The first-order valence-electron chi connectivity index (χ1n) is 8.77. The maximum absolute atomic E-state index is 12.6. The molecule has 1 saturated heterocycles. The third kappa shape index (κ3) is 2.67. The Morgan fingerprint density at radius 1 is 1.20 bits per heavy atom. The van der Waals surface area contributed by atoms with Crippen molar-refractivity contribution in [2.24, 2.45) is 0 Å². The summed E-state index contributed by atoms with van der Waals surface area (Å²) in [6.45, 7) is 1.51. The molecule has 1 fully saturated rings. The molecular weight excluding hydrogens is 332 g/mol. The minimum Gasteiger partial charge on any atom is -0.359 e. The van der Waals surface area contributed by atoms with Gasteiger partial charge in [-0.15, -0.1) is 0 Å². The van der Waals surface area contributed by atoms with E-state index in [0.29, 0.717) is 0 Å². The fourth-order valence-electron chi connectivity index (χ4n) is 4.48. The number of hydrogen-bond acceptors (Lipinski definition) is 3. The van der Waals surface area contributed by atoms with Crippen molar-refractivity contribution in [3.8, 4) is 0 Å². The molecule has 1 spiro atoms. The highest BCUT2D eigenvalue weighted by Gasteiger charge is 2.47. The Morgan fingerprint density at radius 2 is 1.96 bits per heavy atom. The van der Waals surface area contributed by atoms with Gasteiger partial charge < -0.3 is 10.2 Å². The van der Waals surface area contributed by atoms with Crippen molar-refractivity contribution in [2.75, 3.05) is 20.1 Å². The second kappa shape index (κ2) is 6.30. The summed E-state index contributed by atoms with van der Waals surface area (Å²) in [4.78, 5) is 26.9. The number of carbonyl (C=O) groups excluding carboxylic acids is 2. The summed E-state index contributed by atoms with van der Waals surface area (Å²) in [6, 6.07) is 10.2. The van der Waals surface area contributed by atoms with Crippen LogP contribution in [0.3, 0.4) is 0 Å². The Bertz CT molecular complexity index is 792. The first-order chi connectivity index (χ1) is 12.1. The van der Waals surface area contributed by atoms with Crippen molar-refractivity contribution in [1.82, 2.24) is 10.2 Å². The monoisotopic (exact) mass is 354 g/mol. The Labute approximate surface area is 151 Å². The van der Waals surface area contributed by atoms with Crippen LogP contribution in [0.1, 0.15) is 46.7 Å². The molecule has 4 rings (SSSR count). The zero-order valence-corrected chi connectivity index (χ0v) is 15.1. The number of nitrogens with one attached hydrogen (secondary N) is 1. The first-order valence-corrected chi connectivity index (χ1v) is 9.71. The maximum atomic E-state index is 12.6. The average molecular weight is 354 g/mol. The van der Waals surface area contributed by atoms with E-state index >= 15 is 0 Å². The first kappa shape index (κ1) is 16.3. The minimum atomic E-state index is -0.0691. The van der Waals surface area contributed by atoms with Gasteiger partial charge in [0, 0.05) is 30.9 Å². The molecule has 5 heteroatoms. The van der Waals surface area contributed by atoms with E-state index in [4.69, 9.17) is 0 Å². The lowest BCUT2D eigenvalue weighted by Crippen LogP contribution is -2.44. The molecule has 0 bridgehead atoms. The van der Waals surface area contributed by atoms with Crippen LogP contribution in [0.25, 0.3) is 0 Å². The van der Waals surface area contributed by atoms with E-state index in [0.717, 1.165) is 37.9 Å². The van der Waals surface area contributed by atoms with Gasteiger partial charge in [0.25, 0.3) is 5.91 Å². The lowest BCUT2D eigenvalue weighted by atomic mass is 9.73. The van der Waals surface area contributed by atoms with Gasteiger partial charge in [0.05, 0.1) is 11.5 Å². The molecule has 1 aromatic carbocycles. The van der Waals surface area contributed by atoms with Crippen LogP contribution >= 0.6 is 11.3 Å². The number of likely N-dealkylation sites (N-methyl/N-ethyl adjacent to an activating group) is 1. The second-order valence-corrected chi connectivity index (χ2v) is 7.82. The van der Waals surface area contributed by atoms with Gasteiger partial charge in [-0.1, -0.05) is 24.3 Å². The molecule has 4 nitrogen and oxygen atoms in total. The van der Waals surface area contributed by atoms with Crippen LogP contribution in [0.4, 0.5) is 0 Å². The Balaban J connectivity index is 1.56. The SMILES string of the molecule is CNC(=O)C1CC2(CCN(C(=O)c3ccsc3)CC2)c2ccccc21. The molecule has 1 N–H and O–H groups in total. The van der Waals surface area contributed by atoms with Crippen molar-refractivity contribution in [3.63, 3.8) is 0 Å². The van der Waals surface area contributed by atoms with E-state index in [1.807, 2.05) is 27.8 Å². The van der Waals surface area contributed by atoms with Gasteiger partial charge in [0.1, 0.15) is 0 Å². The van der Waals surface area contributed by atoms with E-state index in [-0.39, 0.29) is 23.1 Å². The van der Waals surface area contributed by atoms with Gasteiger partial charge in [-0.05, 0) is 41.8 Å². The van der Waals surface area contributed by atoms with E-state index in [2.05, 4.69) is 23.5 Å². The summed E-state index contributed by atoms with van der Waals surface area (Å²) in [6.07, 6.45) is 2.70. The number of thiophene rings is 1. The molecule has 25 heavy (non-hydrogen) atoms. The van der Waals surface area contributed by atoms with Crippen LogP contribution in [-0.2, 0) is 10.2 Å². The Kier molecular flexibility index (Phi) is 4.12. The normalized spacial score (nSPS) is 21.2. The lowest BCUT2D eigenvalue weighted by Gasteiger charge is -2.40. The summed E-state index contributed by atoms with van der Waals surface area (Å²) >= 11 is 1.56. The fraction of sp³-hybridized carbons (Fsp3) is 0.400. The topological polar surface area (TPSA) is 49.4 Å². The fourth-order valence-corrected chi connectivity index (χ4v) is 5.11. The molecule has 1 atom stereocenters. The van der Waals surface area contributed by atoms with Crippen LogP contribution in [0, 0.1) is 0 Å². The van der Waals surface area contributed by atoms with Crippen LogP contribution in [0.2, 0.25) is 0 Å². The van der Waals surface area contributed by atoms with Gasteiger partial charge >= 0.3 is 0 Å². The molecule has 2 aromatic rings. The summed E-state index contributed by atoms with van der Waals surface area (Å²) in [5, 5.41) is 6.67. The van der Waals surface area contributed by atoms with Crippen molar-refractivity contribution in [1.29, 1.82) is 0 Å². The molecule has 2 amide bonds. The molecule has 0 saturated carbocycles. The highest BCUT2D eigenvalue weighted by molar-refractivity contribution is 7.08. The Hall–Kier alpha value is -2.14. The number of amides is 2. The lowest BCUT2D eigenvalue weighted by molar-refractivity contribution is -0.122. The van der Waals surface area contributed by atoms with Crippen LogP contribution in [0.15, 0.2) is 41.1 Å². The number of fused-ring (bicyclic) bond motifs is 2. The number of likely N-dealkylation sites (tertiary alicyclic amines) is 1. The molecule has 1 aromatic heterocycles. The van der Waals surface area contributed by atoms with E-state index in [1.54, 1.807) is 18.4 Å². The zero-order valence-electron chi connectivity index (χ0n) is 14.3. The smallest absolute Gasteiger partial charge is 0.254 e. The summed E-state index contributed by atoms with van der Waals surface area (Å²) in [5.74, 6) is 0.159. The third-order valence-corrected chi connectivity index (χ3v) is 6.52. The molecule has 130 valence electrons. The largest absolute Gasteiger partial charge is 0.359 e. The van der Waals surface area contributed by atoms with Gasteiger partial charge in [-0.2, -0.15) is 11.3 Å². The van der Waals surface area contributed by atoms with E-state index < -0.39 is 0 Å². The summed E-state index contributed by atoms with van der Waals surface area (Å²) < 4.78 is 0. The van der Waals surface area contributed by atoms with Gasteiger partial charge in [-0.25, -0.2) is 0 Å². The zero-order chi connectivity index (χ0) is 17.4. The van der Waals surface area contributed by atoms with Crippen LogP contribution in [0.5, 0.6) is 0 Å². The second-order valence-electron chi connectivity index (χ2n) is 7.04. The molecule has 1 aliphatic carbocycles. The maximum Gasteiger partial charge on any atom is 0.254 e. The Morgan fingerprint density at radius 3 is 2.64 bits per heavy atom. The van der Waals surface area contributed by atoms with Gasteiger partial charge in [-0.3, -0.25) is 9.59 Å². The van der Waals surface area contributed by atoms with Crippen LogP contribution < -0.4 is 5.32 Å². The molecule has 0 radical (unpaired) electrons. The molecule has 2 heterocycles. The van der Waals surface area contributed by atoms with Crippen molar-refractivity contribution in [2.45, 2.75) is 30.6 Å². The number of nitrogens with zero attached hydrogens (tertiary/aromatic N) is 1. The third-order valence-electron chi connectivity index (χ3n) is 5.84. The van der Waals surface area contributed by atoms with Crippen molar-refractivity contribution in [3.05, 3.63) is 57.8 Å². The van der Waals surface area contributed by atoms with E-state index in [1.165, 1.54) is 11.1 Å². The molecule has 2 aliphatic rings. The molecular formula is C20H22N2O2S. The standard InChI is InChI=1S/C20H22N2O2S/c1-21-18(23)16-12-20(17-5-3-2-4-15(16)17)7-9-22(10-8-20)19(24)14-6-11-25-13-14/h2-6,11,13,16H,7-10,12H2,1H3,(H,21,23). The summed E-state index contributed by atoms with van der Waals surface area (Å²) in [5.41, 5.74) is 3.29. The highest BCUT2D eigenvalue weighted by Crippen LogP contribution is 2.51. The van der Waals surface area contributed by atoms with Gasteiger partial charge in [0.15, 0.2) is 0 Å². The number of piperidine rings is 1. The van der Waals surface area contributed by atoms with Crippen molar-refractivity contribution < 1.29 is 9.59 Å². The number of hydrogen-bond donors (Lipinski definition) is 1. The number of rotatable bonds is 2. The summed E-state index contributed by atoms with van der Waals surface area (Å²) in [7, 11) is 1.71. The predicted octanol–water partition coefficient (Wildman–Crippen LogP) is 3.16. The molecule has 1 unspecified atom stereocenters. The quantitative estimate of drug-likeness (QED) is 0.901. The minimum absolute atomic E-state index is 0.0270. The highest BCUT2D eigenvalue weighted by atomic mass is 32.1. The number of benzene rings is 1. The molecule has 1 aliphatic heterocycles.